The predicted molar refractivity (Wildman–Crippen MR) is 72.6 cm³/mol. The first kappa shape index (κ1) is 13.5. The standard InChI is InChI=1S/C14H13FN2OS/c1-9-4-5-19-14(9)13(8-17)18-12-3-2-10(7-16)6-11(12)15/h2-6,13H,8,17H2,1H3. The topological polar surface area (TPSA) is 59.0 Å². The molecule has 1 aromatic heterocycles. The summed E-state index contributed by atoms with van der Waals surface area (Å²) in [5, 5.41) is 10.6. The maximum absolute atomic E-state index is 13.8. The first-order chi connectivity index (χ1) is 9.15. The van der Waals surface area contributed by atoms with Crippen molar-refractivity contribution in [1.82, 2.24) is 0 Å². The number of hydrogen-bond acceptors (Lipinski definition) is 4. The fourth-order valence-corrected chi connectivity index (χ4v) is 2.71. The fraction of sp³-hybridized carbons (Fsp3) is 0.214. The summed E-state index contributed by atoms with van der Waals surface area (Å²) >= 11 is 1.54. The van der Waals surface area contributed by atoms with Crippen LogP contribution in [0.3, 0.4) is 0 Å². The second-order valence-electron chi connectivity index (χ2n) is 4.07. The molecule has 0 bridgehead atoms. The van der Waals surface area contributed by atoms with Crippen molar-refractivity contribution in [3.63, 3.8) is 0 Å². The third kappa shape index (κ3) is 2.92. The zero-order valence-electron chi connectivity index (χ0n) is 10.4. The number of nitriles is 1. The maximum atomic E-state index is 13.8. The Morgan fingerprint density at radius 3 is 2.79 bits per heavy atom. The largest absolute Gasteiger partial charge is 0.480 e. The van der Waals surface area contributed by atoms with Crippen LogP contribution in [0.1, 0.15) is 22.1 Å². The minimum Gasteiger partial charge on any atom is -0.480 e. The molecular formula is C14H13FN2OS. The van der Waals surface area contributed by atoms with Crippen LogP contribution in [0.5, 0.6) is 5.75 Å². The molecule has 0 saturated heterocycles. The highest BCUT2D eigenvalue weighted by Gasteiger charge is 2.17. The average molecular weight is 276 g/mol. The van der Waals surface area contributed by atoms with E-state index in [1.165, 1.54) is 23.5 Å². The van der Waals surface area contributed by atoms with Crippen molar-refractivity contribution in [3.05, 3.63) is 51.5 Å². The molecule has 5 heteroatoms. The number of rotatable bonds is 4. The van der Waals surface area contributed by atoms with Crippen molar-refractivity contribution in [1.29, 1.82) is 5.26 Å². The zero-order chi connectivity index (χ0) is 13.8. The van der Waals surface area contributed by atoms with Crippen LogP contribution in [-0.4, -0.2) is 6.54 Å². The van der Waals surface area contributed by atoms with Crippen molar-refractivity contribution in [2.75, 3.05) is 6.54 Å². The summed E-state index contributed by atoms with van der Waals surface area (Å²) in [7, 11) is 0. The SMILES string of the molecule is Cc1ccsc1C(CN)Oc1ccc(C#N)cc1F. The molecule has 0 saturated carbocycles. The molecule has 0 aliphatic carbocycles. The van der Waals surface area contributed by atoms with E-state index in [2.05, 4.69) is 0 Å². The number of benzene rings is 1. The van der Waals surface area contributed by atoms with Gasteiger partial charge in [0.05, 0.1) is 11.6 Å². The molecule has 1 unspecified atom stereocenters. The van der Waals surface area contributed by atoms with Gasteiger partial charge >= 0.3 is 0 Å². The molecule has 98 valence electrons. The summed E-state index contributed by atoms with van der Waals surface area (Å²) in [6.07, 6.45) is -0.373. The smallest absolute Gasteiger partial charge is 0.166 e. The van der Waals surface area contributed by atoms with Crippen molar-refractivity contribution in [2.45, 2.75) is 13.0 Å². The summed E-state index contributed by atoms with van der Waals surface area (Å²) in [4.78, 5) is 0.992. The van der Waals surface area contributed by atoms with Crippen molar-refractivity contribution >= 4 is 11.3 Å². The number of nitrogens with two attached hydrogens (primary N) is 1. The number of thiophene rings is 1. The Labute approximate surface area is 115 Å². The highest BCUT2D eigenvalue weighted by molar-refractivity contribution is 7.10. The van der Waals surface area contributed by atoms with Crippen LogP contribution in [0.15, 0.2) is 29.6 Å². The quantitative estimate of drug-likeness (QED) is 0.933. The van der Waals surface area contributed by atoms with Gasteiger partial charge < -0.3 is 10.5 Å². The van der Waals surface area contributed by atoms with Crippen molar-refractivity contribution < 1.29 is 9.13 Å². The van der Waals surface area contributed by atoms with Crippen LogP contribution in [0.4, 0.5) is 4.39 Å². The van der Waals surface area contributed by atoms with E-state index in [1.54, 1.807) is 0 Å². The van der Waals surface area contributed by atoms with E-state index in [9.17, 15) is 4.39 Å². The Morgan fingerprint density at radius 1 is 1.47 bits per heavy atom. The Morgan fingerprint density at radius 2 is 2.26 bits per heavy atom. The lowest BCUT2D eigenvalue weighted by Crippen LogP contribution is -2.18. The van der Waals surface area contributed by atoms with Gasteiger partial charge in [-0.2, -0.15) is 5.26 Å². The molecule has 0 fully saturated rings. The Balaban J connectivity index is 2.25. The molecule has 1 aromatic carbocycles. The number of halogens is 1. The van der Waals surface area contributed by atoms with Crippen LogP contribution in [0.2, 0.25) is 0 Å². The summed E-state index contributed by atoms with van der Waals surface area (Å²) in [5.74, 6) is -0.436. The van der Waals surface area contributed by atoms with Crippen LogP contribution < -0.4 is 10.5 Å². The van der Waals surface area contributed by atoms with Gasteiger partial charge in [0.15, 0.2) is 11.6 Å². The number of ether oxygens (including phenoxy) is 1. The lowest BCUT2D eigenvalue weighted by molar-refractivity contribution is 0.207. The van der Waals surface area contributed by atoms with Gasteiger partial charge in [-0.25, -0.2) is 4.39 Å². The molecule has 1 atom stereocenters. The van der Waals surface area contributed by atoms with Crippen molar-refractivity contribution in [3.8, 4) is 11.8 Å². The normalized spacial score (nSPS) is 11.9. The van der Waals surface area contributed by atoms with E-state index in [0.29, 0.717) is 0 Å². The molecule has 0 aliphatic rings. The minimum absolute atomic E-state index is 0.113. The van der Waals surface area contributed by atoms with Gasteiger partial charge in [0.25, 0.3) is 0 Å². The van der Waals surface area contributed by atoms with E-state index in [4.69, 9.17) is 15.7 Å². The van der Waals surface area contributed by atoms with Crippen molar-refractivity contribution in [2.24, 2.45) is 5.73 Å². The molecule has 3 nitrogen and oxygen atoms in total. The third-order valence-corrected chi connectivity index (χ3v) is 3.85. The molecule has 1 heterocycles. The second-order valence-corrected chi connectivity index (χ2v) is 5.01. The number of hydrogen-bond donors (Lipinski definition) is 1. The van der Waals surface area contributed by atoms with Crippen LogP contribution in [0.25, 0.3) is 0 Å². The first-order valence-corrected chi connectivity index (χ1v) is 6.64. The lowest BCUT2D eigenvalue weighted by Gasteiger charge is -2.17. The monoisotopic (exact) mass is 276 g/mol. The van der Waals surface area contributed by atoms with Crippen LogP contribution in [-0.2, 0) is 0 Å². The second kappa shape index (κ2) is 5.83. The van der Waals surface area contributed by atoms with E-state index in [0.717, 1.165) is 16.5 Å². The number of nitrogens with zero attached hydrogens (tertiary/aromatic N) is 1. The third-order valence-electron chi connectivity index (χ3n) is 2.74. The van der Waals surface area contributed by atoms with E-state index in [-0.39, 0.29) is 24.0 Å². The molecule has 2 aromatic rings. The molecule has 0 spiro atoms. The zero-order valence-corrected chi connectivity index (χ0v) is 11.2. The summed E-state index contributed by atoms with van der Waals surface area (Å²) in [6, 6.07) is 7.99. The summed E-state index contributed by atoms with van der Waals surface area (Å²) in [6.45, 7) is 2.23. The highest BCUT2D eigenvalue weighted by Crippen LogP contribution is 2.29. The average Bonchev–Trinajstić information content (AvgIpc) is 2.83. The first-order valence-electron chi connectivity index (χ1n) is 5.76. The van der Waals surface area contributed by atoms with E-state index >= 15 is 0 Å². The van der Waals surface area contributed by atoms with Gasteiger partial charge in [-0.3, -0.25) is 0 Å². The number of aryl methyl sites for hydroxylation is 1. The molecule has 19 heavy (non-hydrogen) atoms. The minimum atomic E-state index is -0.549. The summed E-state index contributed by atoms with van der Waals surface area (Å²) < 4.78 is 19.4. The van der Waals surface area contributed by atoms with E-state index < -0.39 is 5.82 Å². The van der Waals surface area contributed by atoms with Gasteiger partial charge in [0, 0.05) is 11.4 Å². The Kier molecular flexibility index (Phi) is 4.15. The lowest BCUT2D eigenvalue weighted by atomic mass is 10.2. The van der Waals surface area contributed by atoms with Gasteiger partial charge in [-0.15, -0.1) is 11.3 Å². The molecule has 2 rings (SSSR count). The van der Waals surface area contributed by atoms with Gasteiger partial charge in [-0.1, -0.05) is 0 Å². The molecule has 0 aliphatic heterocycles. The fourth-order valence-electron chi connectivity index (χ4n) is 1.74. The molecule has 2 N–H and O–H groups in total. The maximum Gasteiger partial charge on any atom is 0.166 e. The van der Waals surface area contributed by atoms with E-state index in [1.807, 2.05) is 24.4 Å². The molecular weight excluding hydrogens is 263 g/mol. The molecule has 0 radical (unpaired) electrons. The molecule has 0 amide bonds. The summed E-state index contributed by atoms with van der Waals surface area (Å²) in [5.41, 5.74) is 7.04. The van der Waals surface area contributed by atoms with Gasteiger partial charge in [-0.05, 0) is 42.1 Å². The Hall–Kier alpha value is -1.90. The van der Waals surface area contributed by atoms with Gasteiger partial charge in [0.1, 0.15) is 6.10 Å². The highest BCUT2D eigenvalue weighted by atomic mass is 32.1. The van der Waals surface area contributed by atoms with Crippen LogP contribution >= 0.6 is 11.3 Å². The Bertz CT molecular complexity index is 618. The van der Waals surface area contributed by atoms with Gasteiger partial charge in [0.2, 0.25) is 0 Å². The van der Waals surface area contributed by atoms with Crippen LogP contribution in [0, 0.1) is 24.1 Å². The predicted octanol–water partition coefficient (Wildman–Crippen LogP) is 3.15.